The van der Waals surface area contributed by atoms with Crippen LogP contribution in [-0.4, -0.2) is 6.04 Å². The van der Waals surface area contributed by atoms with Gasteiger partial charge >= 0.3 is 0 Å². The van der Waals surface area contributed by atoms with Crippen molar-refractivity contribution in [3.05, 3.63) is 112 Å². The largest absolute Gasteiger partial charge is 0.330 e. The zero-order valence-electron chi connectivity index (χ0n) is 13.1. The third-order valence-corrected chi connectivity index (χ3v) is 5.72. The van der Waals surface area contributed by atoms with Crippen LogP contribution < -0.4 is 4.90 Å². The number of rotatable bonds is 1. The summed E-state index contributed by atoms with van der Waals surface area (Å²) in [5.74, 6) is 0.314. The number of allylic oxidation sites excluding steroid dienone is 9. The van der Waals surface area contributed by atoms with Crippen molar-refractivity contribution in [2.24, 2.45) is 5.92 Å². The van der Waals surface area contributed by atoms with Crippen LogP contribution in [0.5, 0.6) is 0 Å². The highest BCUT2D eigenvalue weighted by Gasteiger charge is 2.39. The highest BCUT2D eigenvalue weighted by molar-refractivity contribution is 9.11. The van der Waals surface area contributed by atoms with Gasteiger partial charge in [-0.3, -0.25) is 0 Å². The van der Waals surface area contributed by atoms with Gasteiger partial charge in [0.05, 0.1) is 11.7 Å². The summed E-state index contributed by atoms with van der Waals surface area (Å²) in [4.78, 5) is 2.48. The number of anilines is 1. The summed E-state index contributed by atoms with van der Waals surface area (Å²) in [5.41, 5.74) is 6.66. The van der Waals surface area contributed by atoms with Gasteiger partial charge in [-0.1, -0.05) is 82.7 Å². The fourth-order valence-corrected chi connectivity index (χ4v) is 4.60. The van der Waals surface area contributed by atoms with Crippen LogP contribution in [0.3, 0.4) is 0 Å². The van der Waals surface area contributed by atoms with E-state index in [0.717, 1.165) is 0 Å². The van der Waals surface area contributed by atoms with E-state index >= 15 is 0 Å². The third-order valence-electron chi connectivity index (χ3n) is 5.00. The number of fused-ring (bicyclic) bond motifs is 3. The zero-order chi connectivity index (χ0) is 16.1. The fourth-order valence-electron chi connectivity index (χ4n) is 3.97. The molecule has 1 nitrogen and oxygen atoms in total. The van der Waals surface area contributed by atoms with Gasteiger partial charge in [-0.2, -0.15) is 0 Å². The molecule has 2 atom stereocenters. The maximum Gasteiger partial charge on any atom is 0.0785 e. The van der Waals surface area contributed by atoms with Gasteiger partial charge in [0, 0.05) is 21.7 Å². The number of hydrogen-bond acceptors (Lipinski definition) is 1. The molecule has 0 fully saturated rings. The molecule has 0 saturated heterocycles. The molecule has 1 aromatic rings. The first-order chi connectivity index (χ1) is 11.8. The predicted octanol–water partition coefficient (Wildman–Crippen LogP) is 5.59. The third kappa shape index (κ3) is 1.93. The molecular formula is C22H16BrN. The van der Waals surface area contributed by atoms with Gasteiger partial charge in [-0.15, -0.1) is 0 Å². The Kier molecular flexibility index (Phi) is 3.14. The molecule has 1 aromatic carbocycles. The maximum atomic E-state index is 3.81. The molecule has 0 saturated carbocycles. The molecule has 0 spiro atoms. The molecule has 24 heavy (non-hydrogen) atoms. The molecular weight excluding hydrogens is 358 g/mol. The van der Waals surface area contributed by atoms with Crippen molar-refractivity contribution < 1.29 is 0 Å². The Bertz CT molecular complexity index is 922. The molecule has 4 aliphatic rings. The van der Waals surface area contributed by atoms with Gasteiger partial charge < -0.3 is 4.90 Å². The number of halogens is 1. The van der Waals surface area contributed by atoms with Crippen molar-refractivity contribution in [3.8, 4) is 0 Å². The molecule has 0 aromatic heterocycles. The van der Waals surface area contributed by atoms with Gasteiger partial charge in [-0.25, -0.2) is 0 Å². The van der Waals surface area contributed by atoms with E-state index < -0.39 is 0 Å². The Morgan fingerprint density at radius 2 is 1.58 bits per heavy atom. The van der Waals surface area contributed by atoms with E-state index in [1.165, 1.54) is 32.6 Å². The summed E-state index contributed by atoms with van der Waals surface area (Å²) in [6, 6.07) is 11.0. The normalized spacial score (nSPS) is 26.5. The second-order valence-corrected chi connectivity index (χ2v) is 7.23. The van der Waals surface area contributed by atoms with E-state index in [0.29, 0.717) is 5.92 Å². The van der Waals surface area contributed by atoms with Crippen molar-refractivity contribution in [2.45, 2.75) is 6.04 Å². The maximum absolute atomic E-state index is 3.81. The number of benzene rings is 1. The molecule has 3 aliphatic carbocycles. The van der Waals surface area contributed by atoms with Crippen molar-refractivity contribution >= 4 is 21.6 Å². The van der Waals surface area contributed by atoms with Crippen molar-refractivity contribution in [1.82, 2.24) is 0 Å². The summed E-state index contributed by atoms with van der Waals surface area (Å²) >= 11 is 3.81. The Balaban J connectivity index is 1.79. The minimum atomic E-state index is 0.268. The molecule has 0 amide bonds. The van der Waals surface area contributed by atoms with Gasteiger partial charge in [0.2, 0.25) is 0 Å². The quantitative estimate of drug-likeness (QED) is 0.620. The molecule has 116 valence electrons. The zero-order valence-corrected chi connectivity index (χ0v) is 14.6. The fraction of sp³-hybridized carbons (Fsp3) is 0.0909. The summed E-state index contributed by atoms with van der Waals surface area (Å²) < 4.78 is 1.24. The average Bonchev–Trinajstić information content (AvgIpc) is 2.97. The van der Waals surface area contributed by atoms with E-state index in [-0.39, 0.29) is 6.04 Å². The molecule has 1 aliphatic heterocycles. The minimum Gasteiger partial charge on any atom is -0.330 e. The Hall–Kier alpha value is -2.32. The Morgan fingerprint density at radius 1 is 0.833 bits per heavy atom. The molecule has 2 unspecified atom stereocenters. The average molecular weight is 374 g/mol. The molecule has 0 radical (unpaired) electrons. The van der Waals surface area contributed by atoms with Crippen LogP contribution in [-0.2, 0) is 0 Å². The topological polar surface area (TPSA) is 3.24 Å². The predicted molar refractivity (Wildman–Crippen MR) is 104 cm³/mol. The molecule has 2 heteroatoms. The second kappa shape index (κ2) is 5.35. The van der Waals surface area contributed by atoms with E-state index in [9.17, 15) is 0 Å². The van der Waals surface area contributed by atoms with E-state index in [2.05, 4.69) is 106 Å². The van der Waals surface area contributed by atoms with Crippen LogP contribution in [0, 0.1) is 5.92 Å². The van der Waals surface area contributed by atoms with Gasteiger partial charge in [-0.05, 0) is 29.4 Å². The molecule has 0 N–H and O–H groups in total. The molecule has 5 rings (SSSR count). The van der Waals surface area contributed by atoms with Gasteiger partial charge in [0.1, 0.15) is 0 Å². The van der Waals surface area contributed by atoms with Crippen LogP contribution in [0.25, 0.3) is 0 Å². The highest BCUT2D eigenvalue weighted by Crippen LogP contribution is 2.49. The summed E-state index contributed by atoms with van der Waals surface area (Å²) in [6.07, 6.45) is 19.9. The second-order valence-electron chi connectivity index (χ2n) is 6.32. The lowest BCUT2D eigenvalue weighted by molar-refractivity contribution is 0.872. The van der Waals surface area contributed by atoms with Crippen molar-refractivity contribution in [3.63, 3.8) is 0 Å². The lowest BCUT2D eigenvalue weighted by atomic mass is 9.85. The van der Waals surface area contributed by atoms with E-state index in [1.54, 1.807) is 0 Å². The van der Waals surface area contributed by atoms with E-state index in [1.807, 2.05) is 0 Å². The lowest BCUT2D eigenvalue weighted by Crippen LogP contribution is -2.31. The van der Waals surface area contributed by atoms with Crippen molar-refractivity contribution in [1.29, 1.82) is 0 Å². The first-order valence-electron chi connectivity index (χ1n) is 8.24. The smallest absolute Gasteiger partial charge is 0.0785 e. The SMILES string of the molecule is BrC1=CC2=C3C=CC=CC3N(c3ccccc3)C2=C2C=CC=CC12. The first kappa shape index (κ1) is 14.1. The minimum absolute atomic E-state index is 0.268. The Labute approximate surface area is 150 Å². The van der Waals surface area contributed by atoms with Crippen LogP contribution in [0.1, 0.15) is 0 Å². The van der Waals surface area contributed by atoms with Crippen LogP contribution >= 0.6 is 15.9 Å². The number of para-hydroxylation sites is 1. The first-order valence-corrected chi connectivity index (χ1v) is 9.04. The van der Waals surface area contributed by atoms with Gasteiger partial charge in [0.15, 0.2) is 0 Å². The van der Waals surface area contributed by atoms with Crippen LogP contribution in [0.15, 0.2) is 112 Å². The molecule has 1 heterocycles. The number of nitrogens with zero attached hydrogens (tertiary/aromatic N) is 1. The van der Waals surface area contributed by atoms with E-state index in [4.69, 9.17) is 0 Å². The summed E-state index contributed by atoms with van der Waals surface area (Å²) in [6.45, 7) is 0. The number of hydrogen-bond donors (Lipinski definition) is 0. The Morgan fingerprint density at radius 3 is 2.42 bits per heavy atom. The molecule has 0 bridgehead atoms. The summed E-state index contributed by atoms with van der Waals surface area (Å²) in [7, 11) is 0. The van der Waals surface area contributed by atoms with Crippen LogP contribution in [0.2, 0.25) is 0 Å². The lowest BCUT2D eigenvalue weighted by Gasteiger charge is -2.33. The highest BCUT2D eigenvalue weighted by atomic mass is 79.9. The standard InChI is InChI=1S/C22H16BrN/c23-20-14-19-17-11-6-7-13-21(17)24(15-8-2-1-3-9-15)22(19)18-12-5-4-10-16(18)20/h1-14,16,21H. The van der Waals surface area contributed by atoms with Crippen LogP contribution in [0.4, 0.5) is 5.69 Å². The van der Waals surface area contributed by atoms with Gasteiger partial charge in [0.25, 0.3) is 0 Å². The summed E-state index contributed by atoms with van der Waals surface area (Å²) in [5, 5.41) is 0. The monoisotopic (exact) mass is 373 g/mol. The van der Waals surface area contributed by atoms with Crippen molar-refractivity contribution in [2.75, 3.05) is 4.90 Å².